The number of carbonyl (C=O) groups is 2. The summed E-state index contributed by atoms with van der Waals surface area (Å²) in [5, 5.41) is 3.64. The third kappa shape index (κ3) is 6.04. The second-order valence-electron chi connectivity index (χ2n) is 8.70. The largest absolute Gasteiger partial charge is 0.443 e. The van der Waals surface area contributed by atoms with E-state index < -0.39 is 36.0 Å². The molecule has 0 spiro atoms. The van der Waals surface area contributed by atoms with E-state index in [2.05, 4.69) is 16.5 Å². The number of hydrazine groups is 1. The van der Waals surface area contributed by atoms with E-state index in [1.807, 2.05) is 0 Å². The summed E-state index contributed by atoms with van der Waals surface area (Å²) in [4.78, 5) is 32.5. The van der Waals surface area contributed by atoms with E-state index in [9.17, 15) is 18.4 Å². The van der Waals surface area contributed by atoms with Crippen molar-refractivity contribution in [3.63, 3.8) is 0 Å². The highest BCUT2D eigenvalue weighted by Gasteiger charge is 2.54. The number of quaternary nitrogens is 1. The first-order chi connectivity index (χ1) is 17.6. The monoisotopic (exact) mass is 534 g/mol. The molecule has 1 aromatic carbocycles. The van der Waals surface area contributed by atoms with Gasteiger partial charge in [-0.2, -0.15) is 0 Å². The van der Waals surface area contributed by atoms with Crippen LogP contribution in [0.5, 0.6) is 0 Å². The van der Waals surface area contributed by atoms with Crippen LogP contribution in [0.3, 0.4) is 0 Å². The van der Waals surface area contributed by atoms with Crippen LogP contribution in [-0.4, -0.2) is 81.3 Å². The average Bonchev–Trinajstić information content (AvgIpc) is 3.59. The molecule has 37 heavy (non-hydrogen) atoms. The highest BCUT2D eigenvalue weighted by atomic mass is 19.3. The van der Waals surface area contributed by atoms with Gasteiger partial charge in [-0.15, -0.1) is 0 Å². The van der Waals surface area contributed by atoms with Crippen LogP contribution in [0.25, 0.3) is 0 Å². The molecule has 12 nitrogen and oxygen atoms in total. The van der Waals surface area contributed by atoms with Gasteiger partial charge in [0.2, 0.25) is 5.72 Å². The lowest BCUT2D eigenvalue weighted by molar-refractivity contribution is -0.307. The van der Waals surface area contributed by atoms with Crippen LogP contribution in [-0.2, 0) is 19.1 Å². The predicted octanol–water partition coefficient (Wildman–Crippen LogP) is -0.612. The molecular weight excluding hydrogens is 506 g/mol. The van der Waals surface area contributed by atoms with Crippen LogP contribution in [0.15, 0.2) is 24.0 Å². The highest BCUT2D eigenvalue weighted by Crippen LogP contribution is 2.33. The number of halogens is 4. The molecule has 2 atom stereocenters. The molecule has 0 radical (unpaired) electrons. The maximum Gasteiger partial charge on any atom is 0.414 e. The number of alkyl halides is 2. The van der Waals surface area contributed by atoms with E-state index in [1.165, 1.54) is 11.1 Å². The minimum Gasteiger partial charge on any atom is -0.443 e. The molecule has 2 unspecified atom stereocenters. The Morgan fingerprint density at radius 3 is 2.59 bits per heavy atom. The predicted molar refractivity (Wildman–Crippen MR) is 119 cm³/mol. The number of hydroxylamine groups is 2. The number of nitrogens with two attached hydrogens (primary N) is 1. The number of benzene rings is 1. The van der Waals surface area contributed by atoms with Gasteiger partial charge in [0.1, 0.15) is 23.9 Å². The van der Waals surface area contributed by atoms with Crippen LogP contribution < -0.4 is 32.1 Å². The molecule has 0 bridgehead atoms. The maximum atomic E-state index is 15.1. The summed E-state index contributed by atoms with van der Waals surface area (Å²) in [5.74, 6) is 2.92. The van der Waals surface area contributed by atoms with Gasteiger partial charge in [-0.3, -0.25) is 25.7 Å². The zero-order valence-corrected chi connectivity index (χ0v) is 19.7. The minimum absolute atomic E-state index is 0.00530. The molecule has 0 aliphatic carbocycles. The van der Waals surface area contributed by atoms with Crippen molar-refractivity contribution in [2.75, 3.05) is 55.7 Å². The van der Waals surface area contributed by atoms with Crippen LogP contribution in [0.4, 0.5) is 33.7 Å². The van der Waals surface area contributed by atoms with Crippen molar-refractivity contribution < 1.29 is 47.2 Å². The Kier molecular flexibility index (Phi) is 8.03. The fourth-order valence-electron chi connectivity index (χ4n) is 4.04. The number of rotatable bonds is 9. The molecule has 0 aromatic heterocycles. The van der Waals surface area contributed by atoms with Crippen molar-refractivity contribution in [1.82, 2.24) is 15.8 Å². The Morgan fingerprint density at radius 1 is 1.27 bits per heavy atom. The molecular formula is C21H28F4N7O5+. The van der Waals surface area contributed by atoms with Crippen molar-refractivity contribution in [2.24, 2.45) is 5.84 Å². The molecule has 3 fully saturated rings. The summed E-state index contributed by atoms with van der Waals surface area (Å²) in [7, 11) is 0. The Morgan fingerprint density at radius 2 is 1.97 bits per heavy atom. The topological polar surface area (TPSA) is 153 Å². The number of nitrogens with one attached hydrogen (secondary N) is 2. The number of hydrogen-bond acceptors (Lipinski definition) is 9. The van der Waals surface area contributed by atoms with Crippen LogP contribution in [0.2, 0.25) is 0 Å². The normalized spacial score (nSPS) is 24.4. The van der Waals surface area contributed by atoms with Gasteiger partial charge in [0.05, 0.1) is 38.2 Å². The van der Waals surface area contributed by atoms with Gasteiger partial charge < -0.3 is 25.5 Å². The van der Waals surface area contributed by atoms with E-state index in [-0.39, 0.29) is 69.6 Å². The van der Waals surface area contributed by atoms with Crippen LogP contribution >= 0.6 is 0 Å². The smallest absolute Gasteiger partial charge is 0.414 e. The number of amides is 2. The van der Waals surface area contributed by atoms with Crippen LogP contribution in [0.1, 0.15) is 6.42 Å². The molecule has 3 aliphatic rings. The summed E-state index contributed by atoms with van der Waals surface area (Å²) in [6.45, 7) is -0.166. The number of cyclic esters (lactones) is 1. The maximum absolute atomic E-state index is 15.1. The minimum atomic E-state index is -2.75. The van der Waals surface area contributed by atoms with E-state index in [0.29, 0.717) is 5.70 Å². The Labute approximate surface area is 209 Å². The summed E-state index contributed by atoms with van der Waals surface area (Å²) in [6, 6.07) is 1.99. The second kappa shape index (κ2) is 11.1. The van der Waals surface area contributed by atoms with Gasteiger partial charge in [0.25, 0.3) is 12.3 Å². The number of hydrogen-bond donors (Lipinski definition) is 4. The number of epoxide rings is 1. The standard InChI is InChI=1S/C21H27F4N7O5/c22-15-6-13(31-10-14(37-20(31)34)9-28-21(11-35-21)19(24)25)7-16(23)18(15)30-1-2-32(36-4-3-30)17(33)5-12(26)8-29-27/h6-8,14,19,28-29H,1-5,9-11,26-27H2/p+1. The van der Waals surface area contributed by atoms with Crippen molar-refractivity contribution in [2.45, 2.75) is 24.7 Å². The van der Waals surface area contributed by atoms with Gasteiger partial charge in [0, 0.05) is 31.8 Å². The summed E-state index contributed by atoms with van der Waals surface area (Å²) < 4.78 is 66.0. The first-order valence-electron chi connectivity index (χ1n) is 11.4. The van der Waals surface area contributed by atoms with E-state index >= 15 is 8.78 Å². The quantitative estimate of drug-likeness (QED) is 0.141. The van der Waals surface area contributed by atoms with E-state index in [4.69, 9.17) is 20.2 Å². The third-order valence-corrected chi connectivity index (χ3v) is 6.07. The first kappa shape index (κ1) is 26.9. The van der Waals surface area contributed by atoms with Gasteiger partial charge in [-0.1, -0.05) is 0 Å². The Bertz CT molecular complexity index is 1040. The lowest BCUT2D eigenvalue weighted by atomic mass is 10.2. The molecule has 3 saturated heterocycles. The average molecular weight is 534 g/mol. The van der Waals surface area contributed by atoms with Crippen LogP contribution in [0, 0.1) is 11.6 Å². The van der Waals surface area contributed by atoms with Crippen molar-refractivity contribution >= 4 is 23.4 Å². The molecule has 204 valence electrons. The number of carbonyl (C=O) groups excluding carboxylic acids is 2. The molecule has 0 saturated carbocycles. The third-order valence-electron chi connectivity index (χ3n) is 6.07. The fourth-order valence-corrected chi connectivity index (χ4v) is 4.04. The first-order valence-corrected chi connectivity index (χ1v) is 11.4. The summed E-state index contributed by atoms with van der Waals surface area (Å²) in [5.41, 5.74) is 4.24. The molecule has 4 rings (SSSR count). The summed E-state index contributed by atoms with van der Waals surface area (Å²) in [6.07, 6.45) is -3.12. The molecule has 1 aromatic rings. The second-order valence-corrected chi connectivity index (χ2v) is 8.70. The molecule has 3 heterocycles. The lowest BCUT2D eigenvalue weighted by Gasteiger charge is -2.24. The number of anilines is 2. The van der Waals surface area contributed by atoms with E-state index in [1.54, 1.807) is 0 Å². The van der Waals surface area contributed by atoms with Gasteiger partial charge in [0.15, 0.2) is 11.6 Å². The molecule has 3 aliphatic heterocycles. The number of ether oxygens (including phenoxy) is 2. The van der Waals surface area contributed by atoms with Gasteiger partial charge in [-0.25, -0.2) is 27.4 Å². The van der Waals surface area contributed by atoms with Crippen molar-refractivity contribution in [3.8, 4) is 0 Å². The number of nitrogens with zero attached hydrogens (tertiary/aromatic N) is 3. The molecule has 2 amide bonds. The van der Waals surface area contributed by atoms with Gasteiger partial charge in [-0.05, 0) is 0 Å². The Balaban J connectivity index is 1.39. The van der Waals surface area contributed by atoms with Gasteiger partial charge >= 0.3 is 6.09 Å². The summed E-state index contributed by atoms with van der Waals surface area (Å²) >= 11 is 0. The zero-order valence-electron chi connectivity index (χ0n) is 19.7. The molecule has 16 heteroatoms. The lowest BCUT2D eigenvalue weighted by Crippen LogP contribution is -2.50. The zero-order chi connectivity index (χ0) is 26.7. The van der Waals surface area contributed by atoms with Crippen molar-refractivity contribution in [1.29, 1.82) is 0 Å². The highest BCUT2D eigenvalue weighted by molar-refractivity contribution is 5.90. The SMILES string of the molecule is NNC=C([NH3+])CC(=O)N1CCN(c2c(F)cc(N3CC(CNC4(C(F)F)CO4)OC3=O)cc2F)CCO1. The fraction of sp³-hybridized carbons (Fsp3) is 0.524. The van der Waals surface area contributed by atoms with E-state index in [0.717, 1.165) is 22.1 Å². The van der Waals surface area contributed by atoms with Crippen molar-refractivity contribution in [3.05, 3.63) is 35.7 Å². The Hall–Kier alpha value is -3.18. The molecule has 7 N–H and O–H groups in total.